The second-order valence-corrected chi connectivity index (χ2v) is 3.80. The van der Waals surface area contributed by atoms with Crippen molar-refractivity contribution in [2.75, 3.05) is 19.8 Å². The van der Waals surface area contributed by atoms with Crippen LogP contribution < -0.4 is 11.5 Å². The van der Waals surface area contributed by atoms with E-state index in [1.165, 1.54) is 0 Å². The van der Waals surface area contributed by atoms with E-state index in [1.54, 1.807) is 0 Å². The van der Waals surface area contributed by atoms with Gasteiger partial charge in [-0.1, -0.05) is 13.8 Å². The number of hydrogen-bond donors (Lipinski definition) is 4. The minimum Gasteiger partial charge on any atom is -0.394 e. The summed E-state index contributed by atoms with van der Waals surface area (Å²) in [6, 6.07) is -0.822. The van der Waals surface area contributed by atoms with Gasteiger partial charge in [0.05, 0.1) is 19.8 Å². The highest BCUT2D eigenvalue weighted by Crippen LogP contribution is 2.18. The molecule has 92 valence electrons. The standard InChI is InChI=1S/C10H24N2O3/c1-3-8(11)10(14,9(12)4-2)7-15-6-5-13/h8-9,13-14H,3-7,11-12H2,1-2H3. The molecule has 0 amide bonds. The maximum atomic E-state index is 10.3. The minimum atomic E-state index is -1.21. The molecule has 0 aliphatic heterocycles. The summed E-state index contributed by atoms with van der Waals surface area (Å²) in [5.41, 5.74) is 10.5. The Morgan fingerprint density at radius 3 is 2.00 bits per heavy atom. The zero-order valence-corrected chi connectivity index (χ0v) is 9.65. The fourth-order valence-electron chi connectivity index (χ4n) is 1.50. The summed E-state index contributed by atoms with van der Waals surface area (Å²) in [4.78, 5) is 0. The van der Waals surface area contributed by atoms with E-state index in [1.807, 2.05) is 13.8 Å². The van der Waals surface area contributed by atoms with Crippen LogP contribution in [-0.2, 0) is 4.74 Å². The minimum absolute atomic E-state index is 0.0670. The SMILES string of the molecule is CCC(N)C(O)(COCCO)C(N)CC. The molecule has 0 radical (unpaired) electrons. The van der Waals surface area contributed by atoms with E-state index in [0.717, 1.165) is 0 Å². The lowest BCUT2D eigenvalue weighted by atomic mass is 9.85. The van der Waals surface area contributed by atoms with Gasteiger partial charge in [-0.2, -0.15) is 0 Å². The van der Waals surface area contributed by atoms with Gasteiger partial charge in [-0.25, -0.2) is 0 Å². The molecule has 6 N–H and O–H groups in total. The monoisotopic (exact) mass is 220 g/mol. The molecular formula is C10H24N2O3. The molecule has 0 saturated carbocycles. The maximum absolute atomic E-state index is 10.3. The first-order valence-electron chi connectivity index (χ1n) is 5.45. The molecule has 0 saturated heterocycles. The Labute approximate surface area is 91.4 Å². The topological polar surface area (TPSA) is 102 Å². The lowest BCUT2D eigenvalue weighted by molar-refractivity contribution is -0.0841. The maximum Gasteiger partial charge on any atom is 0.118 e. The predicted octanol–water partition coefficient (Wildman–Crippen LogP) is -0.799. The van der Waals surface area contributed by atoms with Crippen LogP contribution in [0.15, 0.2) is 0 Å². The molecule has 0 fully saturated rings. The molecule has 0 aliphatic rings. The number of rotatable bonds is 8. The first-order chi connectivity index (χ1) is 7.02. The number of nitrogens with two attached hydrogens (primary N) is 2. The van der Waals surface area contributed by atoms with Gasteiger partial charge in [-0.3, -0.25) is 0 Å². The fourth-order valence-corrected chi connectivity index (χ4v) is 1.50. The summed E-state index contributed by atoms with van der Waals surface area (Å²) >= 11 is 0. The van der Waals surface area contributed by atoms with Crippen LogP contribution in [0.2, 0.25) is 0 Å². The van der Waals surface area contributed by atoms with Crippen LogP contribution in [0.3, 0.4) is 0 Å². The Kier molecular flexibility index (Phi) is 7.04. The third-order valence-electron chi connectivity index (χ3n) is 2.73. The van der Waals surface area contributed by atoms with Crippen LogP contribution in [0.1, 0.15) is 26.7 Å². The molecule has 5 heteroatoms. The third kappa shape index (κ3) is 4.04. The molecule has 2 atom stereocenters. The van der Waals surface area contributed by atoms with Gasteiger partial charge in [0.25, 0.3) is 0 Å². The van der Waals surface area contributed by atoms with Gasteiger partial charge in [0.1, 0.15) is 5.60 Å². The van der Waals surface area contributed by atoms with Crippen molar-refractivity contribution in [3.8, 4) is 0 Å². The molecule has 0 aromatic heterocycles. The lowest BCUT2D eigenvalue weighted by Crippen LogP contribution is -2.62. The van der Waals surface area contributed by atoms with E-state index in [0.29, 0.717) is 12.8 Å². The van der Waals surface area contributed by atoms with Gasteiger partial charge in [0.2, 0.25) is 0 Å². The molecule has 2 unspecified atom stereocenters. The largest absolute Gasteiger partial charge is 0.394 e. The van der Waals surface area contributed by atoms with E-state index in [4.69, 9.17) is 21.3 Å². The second-order valence-electron chi connectivity index (χ2n) is 3.80. The average molecular weight is 220 g/mol. The summed E-state index contributed by atoms with van der Waals surface area (Å²) in [5.74, 6) is 0. The zero-order chi connectivity index (χ0) is 11.9. The van der Waals surface area contributed by atoms with Crippen LogP contribution in [0, 0.1) is 0 Å². The highest BCUT2D eigenvalue weighted by atomic mass is 16.5. The third-order valence-corrected chi connectivity index (χ3v) is 2.73. The molecule has 0 heterocycles. The lowest BCUT2D eigenvalue weighted by Gasteiger charge is -2.37. The van der Waals surface area contributed by atoms with Gasteiger partial charge < -0.3 is 26.4 Å². The van der Waals surface area contributed by atoms with E-state index < -0.39 is 17.7 Å². The van der Waals surface area contributed by atoms with Crippen molar-refractivity contribution in [3.05, 3.63) is 0 Å². The Bertz CT molecular complexity index is 157. The molecule has 0 spiro atoms. The first kappa shape index (κ1) is 14.8. The Hall–Kier alpha value is -0.200. The van der Waals surface area contributed by atoms with Crippen LogP contribution in [0.4, 0.5) is 0 Å². The smallest absolute Gasteiger partial charge is 0.118 e. The molecule has 0 aliphatic carbocycles. The predicted molar refractivity (Wildman–Crippen MR) is 59.4 cm³/mol. The normalized spacial score (nSPS) is 19.6. The van der Waals surface area contributed by atoms with E-state index >= 15 is 0 Å². The molecule has 0 rings (SSSR count). The molecule has 0 bridgehead atoms. The van der Waals surface area contributed by atoms with Gasteiger partial charge in [-0.05, 0) is 12.8 Å². The van der Waals surface area contributed by atoms with Crippen LogP contribution >= 0.6 is 0 Å². The fraction of sp³-hybridized carbons (Fsp3) is 1.00. The van der Waals surface area contributed by atoms with Crippen molar-refractivity contribution in [2.45, 2.75) is 44.4 Å². The Morgan fingerprint density at radius 2 is 1.67 bits per heavy atom. The van der Waals surface area contributed by atoms with E-state index in [-0.39, 0.29) is 19.8 Å². The molecular weight excluding hydrogens is 196 g/mol. The number of hydrogen-bond acceptors (Lipinski definition) is 5. The number of aliphatic hydroxyl groups excluding tert-OH is 1. The second kappa shape index (κ2) is 7.14. The van der Waals surface area contributed by atoms with Crippen LogP contribution in [-0.4, -0.2) is 47.7 Å². The van der Waals surface area contributed by atoms with Gasteiger partial charge in [-0.15, -0.1) is 0 Å². The molecule has 0 aromatic rings. The quantitative estimate of drug-likeness (QED) is 0.401. The van der Waals surface area contributed by atoms with Crippen molar-refractivity contribution in [2.24, 2.45) is 11.5 Å². The van der Waals surface area contributed by atoms with Gasteiger partial charge >= 0.3 is 0 Å². The number of aliphatic hydroxyl groups is 2. The first-order valence-corrected chi connectivity index (χ1v) is 5.45. The van der Waals surface area contributed by atoms with Crippen molar-refractivity contribution in [1.82, 2.24) is 0 Å². The Balaban J connectivity index is 4.40. The highest BCUT2D eigenvalue weighted by molar-refractivity contribution is 4.96. The highest BCUT2D eigenvalue weighted by Gasteiger charge is 2.38. The van der Waals surface area contributed by atoms with Crippen LogP contribution in [0.25, 0.3) is 0 Å². The summed E-state index contributed by atoms with van der Waals surface area (Å²) in [5, 5.41) is 18.9. The van der Waals surface area contributed by atoms with Crippen molar-refractivity contribution >= 4 is 0 Å². The van der Waals surface area contributed by atoms with Gasteiger partial charge in [0.15, 0.2) is 0 Å². The van der Waals surface area contributed by atoms with E-state index in [2.05, 4.69) is 0 Å². The summed E-state index contributed by atoms with van der Waals surface area (Å²) < 4.78 is 5.13. The van der Waals surface area contributed by atoms with Crippen molar-refractivity contribution in [3.63, 3.8) is 0 Å². The summed E-state index contributed by atoms with van der Waals surface area (Å²) in [7, 11) is 0. The molecule has 0 aromatic carbocycles. The van der Waals surface area contributed by atoms with Gasteiger partial charge in [0, 0.05) is 12.1 Å². The summed E-state index contributed by atoms with van der Waals surface area (Å²) in [6.45, 7) is 3.97. The van der Waals surface area contributed by atoms with Crippen molar-refractivity contribution in [1.29, 1.82) is 0 Å². The summed E-state index contributed by atoms with van der Waals surface area (Å²) in [6.07, 6.45) is 1.26. The average Bonchev–Trinajstić information content (AvgIpc) is 2.26. The van der Waals surface area contributed by atoms with E-state index in [9.17, 15) is 5.11 Å². The van der Waals surface area contributed by atoms with Crippen LogP contribution in [0.5, 0.6) is 0 Å². The number of ether oxygens (including phenoxy) is 1. The molecule has 5 nitrogen and oxygen atoms in total. The molecule has 15 heavy (non-hydrogen) atoms. The van der Waals surface area contributed by atoms with Crippen molar-refractivity contribution < 1.29 is 14.9 Å². The Morgan fingerprint density at radius 1 is 1.20 bits per heavy atom. The zero-order valence-electron chi connectivity index (χ0n) is 9.65.